The van der Waals surface area contributed by atoms with Crippen molar-refractivity contribution in [2.75, 3.05) is 43.5 Å². The van der Waals surface area contributed by atoms with Crippen LogP contribution < -0.4 is 10.6 Å². The minimum absolute atomic E-state index is 0.0884. The number of halogens is 1. The lowest BCUT2D eigenvalue weighted by Crippen LogP contribution is -2.40. The summed E-state index contributed by atoms with van der Waals surface area (Å²) in [5, 5.41) is 5.81. The van der Waals surface area contributed by atoms with Crippen LogP contribution in [-0.2, 0) is 14.8 Å². The molecule has 2 aromatic carbocycles. The third-order valence-corrected chi connectivity index (χ3v) is 6.22. The number of carbonyl (C=O) groups excluding carboxylic acids is 1. The predicted octanol–water partition coefficient (Wildman–Crippen LogP) is 2.53. The smallest absolute Gasteiger partial charge is 0.255 e. The second-order valence-electron chi connectivity index (χ2n) is 6.22. The van der Waals surface area contributed by atoms with Crippen LogP contribution in [-0.4, -0.2) is 51.5 Å². The molecule has 9 heteroatoms. The Morgan fingerprint density at radius 1 is 1.11 bits per heavy atom. The van der Waals surface area contributed by atoms with E-state index in [-0.39, 0.29) is 23.5 Å². The number of nitrogens with zero attached hydrogens (tertiary/aromatic N) is 1. The van der Waals surface area contributed by atoms with Gasteiger partial charge in [0.05, 0.1) is 29.5 Å². The van der Waals surface area contributed by atoms with Gasteiger partial charge in [-0.05, 0) is 49.4 Å². The molecule has 0 aliphatic carbocycles. The van der Waals surface area contributed by atoms with Crippen LogP contribution in [0.5, 0.6) is 0 Å². The Hall–Kier alpha value is -2.49. The van der Waals surface area contributed by atoms with Gasteiger partial charge in [0, 0.05) is 25.2 Å². The number of anilines is 2. The molecule has 0 bridgehead atoms. The van der Waals surface area contributed by atoms with Crippen LogP contribution in [0.25, 0.3) is 0 Å². The van der Waals surface area contributed by atoms with Gasteiger partial charge in [0.15, 0.2) is 0 Å². The molecule has 1 heterocycles. The topological polar surface area (TPSA) is 87.7 Å². The van der Waals surface area contributed by atoms with Gasteiger partial charge in [0.25, 0.3) is 5.91 Å². The summed E-state index contributed by atoms with van der Waals surface area (Å²) in [6.07, 6.45) is 0. The van der Waals surface area contributed by atoms with E-state index in [1.165, 1.54) is 40.7 Å². The lowest BCUT2D eigenvalue weighted by molar-refractivity contribution is 0.0730. The lowest BCUT2D eigenvalue weighted by atomic mass is 10.2. The van der Waals surface area contributed by atoms with E-state index in [0.717, 1.165) is 0 Å². The van der Waals surface area contributed by atoms with Crippen LogP contribution >= 0.6 is 0 Å². The molecule has 0 atom stereocenters. The van der Waals surface area contributed by atoms with E-state index >= 15 is 0 Å². The van der Waals surface area contributed by atoms with Crippen molar-refractivity contribution in [3.63, 3.8) is 0 Å². The van der Waals surface area contributed by atoms with Crippen molar-refractivity contribution in [2.45, 2.75) is 11.8 Å². The molecule has 3 rings (SSSR count). The standard InChI is InChI=1S/C19H22FN3O4S/c1-2-21-17-8-7-16(28(25,26)23-9-11-27-12-10-23)13-18(17)22-19(24)14-3-5-15(20)6-4-14/h3-8,13,21H,2,9-12H2,1H3,(H,22,24). The fourth-order valence-corrected chi connectivity index (χ4v) is 4.30. The normalized spacial score (nSPS) is 15.2. The molecule has 0 radical (unpaired) electrons. The van der Waals surface area contributed by atoms with E-state index in [1.807, 2.05) is 6.92 Å². The monoisotopic (exact) mass is 407 g/mol. The van der Waals surface area contributed by atoms with Gasteiger partial charge >= 0.3 is 0 Å². The summed E-state index contributed by atoms with van der Waals surface area (Å²) in [5.41, 5.74) is 1.20. The van der Waals surface area contributed by atoms with Crippen molar-refractivity contribution < 1.29 is 22.3 Å². The average molecular weight is 407 g/mol. The summed E-state index contributed by atoms with van der Waals surface area (Å²) in [4.78, 5) is 12.6. The Kier molecular flexibility index (Phi) is 6.28. The molecular weight excluding hydrogens is 385 g/mol. The summed E-state index contributed by atoms with van der Waals surface area (Å²) in [6.45, 7) is 3.76. The van der Waals surface area contributed by atoms with E-state index in [9.17, 15) is 17.6 Å². The Balaban J connectivity index is 1.91. The highest BCUT2D eigenvalue weighted by Crippen LogP contribution is 2.28. The SMILES string of the molecule is CCNc1ccc(S(=O)(=O)N2CCOCC2)cc1NC(=O)c1ccc(F)cc1. The van der Waals surface area contributed by atoms with Crippen LogP contribution in [0.4, 0.5) is 15.8 Å². The van der Waals surface area contributed by atoms with Crippen molar-refractivity contribution in [1.29, 1.82) is 0 Å². The molecule has 1 aliphatic heterocycles. The van der Waals surface area contributed by atoms with E-state index in [4.69, 9.17) is 4.74 Å². The molecule has 150 valence electrons. The van der Waals surface area contributed by atoms with Crippen molar-refractivity contribution in [3.8, 4) is 0 Å². The highest BCUT2D eigenvalue weighted by molar-refractivity contribution is 7.89. The summed E-state index contributed by atoms with van der Waals surface area (Å²) < 4.78 is 45.5. The van der Waals surface area contributed by atoms with Crippen LogP contribution in [0.2, 0.25) is 0 Å². The highest BCUT2D eigenvalue weighted by Gasteiger charge is 2.27. The van der Waals surface area contributed by atoms with E-state index in [1.54, 1.807) is 6.07 Å². The van der Waals surface area contributed by atoms with Crippen LogP contribution in [0.3, 0.4) is 0 Å². The van der Waals surface area contributed by atoms with Gasteiger partial charge < -0.3 is 15.4 Å². The lowest BCUT2D eigenvalue weighted by Gasteiger charge is -2.26. The van der Waals surface area contributed by atoms with Gasteiger partial charge in [-0.25, -0.2) is 12.8 Å². The summed E-state index contributed by atoms with van der Waals surface area (Å²) in [6, 6.07) is 9.69. The largest absolute Gasteiger partial charge is 0.384 e. The second kappa shape index (κ2) is 8.68. The van der Waals surface area contributed by atoms with Gasteiger partial charge in [-0.2, -0.15) is 4.31 Å². The number of rotatable bonds is 6. The highest BCUT2D eigenvalue weighted by atomic mass is 32.2. The molecule has 1 amide bonds. The van der Waals surface area contributed by atoms with E-state index in [0.29, 0.717) is 31.1 Å². The van der Waals surface area contributed by atoms with Gasteiger partial charge in [0.1, 0.15) is 5.82 Å². The number of nitrogens with one attached hydrogen (secondary N) is 2. The number of amides is 1. The minimum atomic E-state index is -3.70. The van der Waals surface area contributed by atoms with Gasteiger partial charge in [0.2, 0.25) is 10.0 Å². The Morgan fingerprint density at radius 2 is 1.79 bits per heavy atom. The second-order valence-corrected chi connectivity index (χ2v) is 8.15. The number of carbonyl (C=O) groups is 1. The molecular formula is C19H22FN3O4S. The number of benzene rings is 2. The Morgan fingerprint density at radius 3 is 2.43 bits per heavy atom. The molecule has 1 saturated heterocycles. The molecule has 0 saturated carbocycles. The molecule has 0 aromatic heterocycles. The average Bonchev–Trinajstić information content (AvgIpc) is 2.70. The summed E-state index contributed by atoms with van der Waals surface area (Å²) in [7, 11) is -3.70. The first-order chi connectivity index (χ1) is 13.4. The van der Waals surface area contributed by atoms with Crippen molar-refractivity contribution in [3.05, 3.63) is 53.8 Å². The molecule has 2 N–H and O–H groups in total. The molecule has 7 nitrogen and oxygen atoms in total. The molecule has 2 aromatic rings. The molecule has 0 unspecified atom stereocenters. The zero-order chi connectivity index (χ0) is 20.1. The maximum Gasteiger partial charge on any atom is 0.255 e. The van der Waals surface area contributed by atoms with Gasteiger partial charge in [-0.3, -0.25) is 4.79 Å². The number of hydrogen-bond donors (Lipinski definition) is 2. The van der Waals surface area contributed by atoms with E-state index in [2.05, 4.69) is 10.6 Å². The van der Waals surface area contributed by atoms with E-state index < -0.39 is 21.7 Å². The molecule has 1 fully saturated rings. The minimum Gasteiger partial charge on any atom is -0.384 e. The first-order valence-electron chi connectivity index (χ1n) is 8.94. The third kappa shape index (κ3) is 4.49. The Bertz CT molecular complexity index is 942. The van der Waals surface area contributed by atoms with Crippen LogP contribution in [0, 0.1) is 5.82 Å². The maximum absolute atomic E-state index is 13.1. The number of ether oxygens (including phenoxy) is 1. The summed E-state index contributed by atoms with van der Waals surface area (Å²) >= 11 is 0. The van der Waals surface area contributed by atoms with Gasteiger partial charge in [-0.15, -0.1) is 0 Å². The fraction of sp³-hybridized carbons (Fsp3) is 0.316. The van der Waals surface area contributed by atoms with Gasteiger partial charge in [-0.1, -0.05) is 0 Å². The summed E-state index contributed by atoms with van der Waals surface area (Å²) in [5.74, 6) is -0.899. The first kappa shape index (κ1) is 20.2. The third-order valence-electron chi connectivity index (χ3n) is 4.32. The first-order valence-corrected chi connectivity index (χ1v) is 10.4. The van der Waals surface area contributed by atoms with Crippen molar-refractivity contribution >= 4 is 27.3 Å². The zero-order valence-corrected chi connectivity index (χ0v) is 16.3. The number of hydrogen-bond acceptors (Lipinski definition) is 5. The zero-order valence-electron chi connectivity index (χ0n) is 15.4. The number of sulfonamides is 1. The van der Waals surface area contributed by atoms with Crippen LogP contribution in [0.1, 0.15) is 17.3 Å². The fourth-order valence-electron chi connectivity index (χ4n) is 2.86. The maximum atomic E-state index is 13.1. The van der Waals surface area contributed by atoms with Crippen molar-refractivity contribution in [1.82, 2.24) is 4.31 Å². The van der Waals surface area contributed by atoms with Crippen LogP contribution in [0.15, 0.2) is 47.4 Å². The number of morpholine rings is 1. The quantitative estimate of drug-likeness (QED) is 0.768. The molecule has 0 spiro atoms. The molecule has 28 heavy (non-hydrogen) atoms. The Labute approximate surface area is 163 Å². The predicted molar refractivity (Wildman–Crippen MR) is 105 cm³/mol. The molecule has 1 aliphatic rings. The van der Waals surface area contributed by atoms with Crippen molar-refractivity contribution in [2.24, 2.45) is 0 Å².